The van der Waals surface area contributed by atoms with E-state index in [1.54, 1.807) is 24.3 Å². The third-order valence-corrected chi connectivity index (χ3v) is 3.55. The summed E-state index contributed by atoms with van der Waals surface area (Å²) in [6.07, 6.45) is -0.993. The highest BCUT2D eigenvalue weighted by molar-refractivity contribution is 6.34. The van der Waals surface area contributed by atoms with Crippen molar-refractivity contribution in [3.05, 3.63) is 57.8 Å². The lowest BCUT2D eigenvalue weighted by Gasteiger charge is -2.13. The van der Waals surface area contributed by atoms with Gasteiger partial charge in [-0.1, -0.05) is 23.2 Å². The molecule has 0 bridgehead atoms. The van der Waals surface area contributed by atoms with Gasteiger partial charge < -0.3 is 9.47 Å². The van der Waals surface area contributed by atoms with E-state index in [0.29, 0.717) is 11.3 Å². The number of ketones is 1. The maximum absolute atomic E-state index is 12.3. The van der Waals surface area contributed by atoms with Crippen molar-refractivity contribution >= 4 is 35.0 Å². The summed E-state index contributed by atoms with van der Waals surface area (Å²) in [6.45, 7) is 1.48. The lowest BCUT2D eigenvalue weighted by molar-refractivity contribution is 0.0313. The molecule has 0 aliphatic carbocycles. The van der Waals surface area contributed by atoms with E-state index in [0.717, 1.165) is 0 Å². The molecule has 120 valence electrons. The summed E-state index contributed by atoms with van der Waals surface area (Å²) in [5.74, 6) is -0.535. The van der Waals surface area contributed by atoms with Gasteiger partial charge in [-0.3, -0.25) is 4.79 Å². The fourth-order valence-corrected chi connectivity index (χ4v) is 2.15. The quantitative estimate of drug-likeness (QED) is 0.464. The number of hydrogen-bond donors (Lipinski definition) is 0. The number of Topliss-reactive ketones (excluding diaryl/α,β-unsaturated/α-hetero) is 1. The van der Waals surface area contributed by atoms with Crippen LogP contribution in [0.25, 0.3) is 0 Å². The first kappa shape index (κ1) is 17.2. The number of esters is 1. The van der Waals surface area contributed by atoms with Crippen molar-refractivity contribution in [2.24, 2.45) is 0 Å². The van der Waals surface area contributed by atoms with Crippen molar-refractivity contribution < 1.29 is 19.1 Å². The van der Waals surface area contributed by atoms with Crippen LogP contribution in [0.4, 0.5) is 0 Å². The summed E-state index contributed by atoms with van der Waals surface area (Å²) in [7, 11) is 1.53. The van der Waals surface area contributed by atoms with Crippen molar-refractivity contribution in [1.29, 1.82) is 0 Å². The van der Waals surface area contributed by atoms with Crippen LogP contribution >= 0.6 is 23.2 Å². The Labute approximate surface area is 143 Å². The summed E-state index contributed by atoms with van der Waals surface area (Å²) >= 11 is 11.6. The molecule has 0 N–H and O–H groups in total. The Balaban J connectivity index is 2.10. The maximum Gasteiger partial charge on any atom is 0.359 e. The van der Waals surface area contributed by atoms with Crippen molar-refractivity contribution in [3.63, 3.8) is 0 Å². The molecule has 1 atom stereocenters. The molecule has 1 heterocycles. The number of rotatable bonds is 5. The highest BCUT2D eigenvalue weighted by Crippen LogP contribution is 2.19. The number of pyridine rings is 1. The largest absolute Gasteiger partial charge is 0.497 e. The van der Waals surface area contributed by atoms with E-state index in [9.17, 15) is 9.59 Å². The molecule has 2 rings (SSSR count). The Morgan fingerprint density at radius 2 is 1.74 bits per heavy atom. The van der Waals surface area contributed by atoms with E-state index in [4.69, 9.17) is 32.7 Å². The van der Waals surface area contributed by atoms with E-state index < -0.39 is 12.1 Å². The molecule has 0 amide bonds. The molecular weight excluding hydrogens is 341 g/mol. The Morgan fingerprint density at radius 3 is 2.35 bits per heavy atom. The van der Waals surface area contributed by atoms with Gasteiger partial charge in [0.05, 0.1) is 12.1 Å². The predicted molar refractivity (Wildman–Crippen MR) is 86.5 cm³/mol. The van der Waals surface area contributed by atoms with Gasteiger partial charge in [0.2, 0.25) is 5.78 Å². The van der Waals surface area contributed by atoms with E-state index in [1.807, 2.05) is 0 Å². The molecule has 0 saturated carbocycles. The fourth-order valence-electron chi connectivity index (χ4n) is 1.82. The first-order valence-corrected chi connectivity index (χ1v) is 7.39. The Hall–Kier alpha value is -2.11. The molecule has 0 spiro atoms. The third kappa shape index (κ3) is 4.21. The van der Waals surface area contributed by atoms with Gasteiger partial charge >= 0.3 is 5.97 Å². The molecule has 2 aromatic rings. The second-order valence-corrected chi connectivity index (χ2v) is 5.40. The maximum atomic E-state index is 12.3. The standard InChI is InChI=1S/C16H13Cl2NO4/c1-9(15(20)10-3-5-11(22-2)6-4-10)23-16(21)14-12(17)7-8-13(18)19-14/h3-9H,1-2H3. The minimum absolute atomic E-state index is 0.100. The van der Waals surface area contributed by atoms with Gasteiger partial charge in [0, 0.05) is 5.56 Å². The second-order valence-electron chi connectivity index (χ2n) is 4.60. The Bertz CT molecular complexity index is 731. The molecule has 5 nitrogen and oxygen atoms in total. The third-order valence-electron chi connectivity index (χ3n) is 3.03. The van der Waals surface area contributed by atoms with Crippen LogP contribution in [-0.2, 0) is 4.74 Å². The first-order valence-electron chi connectivity index (χ1n) is 6.63. The molecular formula is C16H13Cl2NO4. The number of hydrogen-bond acceptors (Lipinski definition) is 5. The molecule has 0 saturated heterocycles. The molecule has 0 aliphatic heterocycles. The van der Waals surface area contributed by atoms with E-state index in [1.165, 1.54) is 26.2 Å². The average molecular weight is 354 g/mol. The smallest absolute Gasteiger partial charge is 0.359 e. The second kappa shape index (κ2) is 7.44. The van der Waals surface area contributed by atoms with Gasteiger partial charge in [-0.25, -0.2) is 9.78 Å². The molecule has 1 aromatic heterocycles. The number of carbonyl (C=O) groups is 2. The van der Waals surface area contributed by atoms with Gasteiger partial charge in [0.15, 0.2) is 11.8 Å². The van der Waals surface area contributed by atoms with Crippen LogP contribution in [-0.4, -0.2) is 30.0 Å². The number of ether oxygens (including phenoxy) is 2. The van der Waals surface area contributed by atoms with Crippen LogP contribution in [0.3, 0.4) is 0 Å². The Kier molecular flexibility index (Phi) is 5.58. The molecule has 0 radical (unpaired) electrons. The van der Waals surface area contributed by atoms with Crippen molar-refractivity contribution in [3.8, 4) is 5.75 Å². The van der Waals surface area contributed by atoms with Crippen LogP contribution < -0.4 is 4.74 Å². The van der Waals surface area contributed by atoms with Crippen LogP contribution in [0.2, 0.25) is 10.2 Å². The van der Waals surface area contributed by atoms with Crippen molar-refractivity contribution in [2.75, 3.05) is 7.11 Å². The van der Waals surface area contributed by atoms with Crippen LogP contribution in [0.5, 0.6) is 5.75 Å². The fraction of sp³-hybridized carbons (Fsp3) is 0.188. The van der Waals surface area contributed by atoms with Crippen LogP contribution in [0.15, 0.2) is 36.4 Å². The number of halogens is 2. The molecule has 0 aliphatic rings. The van der Waals surface area contributed by atoms with Gasteiger partial charge in [-0.15, -0.1) is 0 Å². The lowest BCUT2D eigenvalue weighted by Crippen LogP contribution is -2.25. The average Bonchev–Trinajstić information content (AvgIpc) is 2.56. The zero-order valence-electron chi connectivity index (χ0n) is 12.4. The number of carbonyl (C=O) groups excluding carboxylic acids is 2. The molecule has 0 fully saturated rings. The molecule has 23 heavy (non-hydrogen) atoms. The molecule has 1 unspecified atom stereocenters. The highest BCUT2D eigenvalue weighted by atomic mass is 35.5. The summed E-state index contributed by atoms with van der Waals surface area (Å²) in [4.78, 5) is 28.1. The Morgan fingerprint density at radius 1 is 1.09 bits per heavy atom. The molecule has 7 heteroatoms. The summed E-state index contributed by atoms with van der Waals surface area (Å²) in [6, 6.07) is 9.37. The van der Waals surface area contributed by atoms with Crippen molar-refractivity contribution in [2.45, 2.75) is 13.0 Å². The lowest BCUT2D eigenvalue weighted by atomic mass is 10.1. The minimum atomic E-state index is -0.993. The SMILES string of the molecule is COc1ccc(C(=O)C(C)OC(=O)c2nc(Cl)ccc2Cl)cc1. The number of aromatic nitrogens is 1. The van der Waals surface area contributed by atoms with Gasteiger partial charge in [-0.2, -0.15) is 0 Å². The zero-order valence-corrected chi connectivity index (χ0v) is 13.9. The van der Waals surface area contributed by atoms with Gasteiger partial charge in [0.25, 0.3) is 0 Å². The summed E-state index contributed by atoms with van der Waals surface area (Å²) < 4.78 is 10.1. The number of nitrogens with zero attached hydrogens (tertiary/aromatic N) is 1. The van der Waals surface area contributed by atoms with Crippen molar-refractivity contribution in [1.82, 2.24) is 4.98 Å². The monoisotopic (exact) mass is 353 g/mol. The van der Waals surface area contributed by atoms with Crippen LogP contribution in [0.1, 0.15) is 27.8 Å². The summed E-state index contributed by atoms with van der Waals surface area (Å²) in [5, 5.41) is 0.207. The van der Waals surface area contributed by atoms with Gasteiger partial charge in [0.1, 0.15) is 10.9 Å². The first-order chi connectivity index (χ1) is 10.9. The van der Waals surface area contributed by atoms with Crippen LogP contribution in [0, 0.1) is 0 Å². The normalized spacial score (nSPS) is 11.7. The summed E-state index contributed by atoms with van der Waals surface area (Å²) in [5.41, 5.74) is 0.268. The molecule has 1 aromatic carbocycles. The minimum Gasteiger partial charge on any atom is -0.497 e. The van der Waals surface area contributed by atoms with E-state index >= 15 is 0 Å². The highest BCUT2D eigenvalue weighted by Gasteiger charge is 2.23. The number of methoxy groups -OCH3 is 1. The van der Waals surface area contributed by atoms with E-state index in [-0.39, 0.29) is 21.7 Å². The zero-order chi connectivity index (χ0) is 17.0. The number of benzene rings is 1. The topological polar surface area (TPSA) is 65.5 Å². The van der Waals surface area contributed by atoms with Gasteiger partial charge in [-0.05, 0) is 43.3 Å². The predicted octanol–water partition coefficient (Wildman–Crippen LogP) is 3.83. The van der Waals surface area contributed by atoms with E-state index in [2.05, 4.69) is 4.98 Å².